The molecule has 0 radical (unpaired) electrons. The Kier molecular flexibility index (Phi) is 9.64. The Hall–Kier alpha value is -4.34. The standard InChI is InChI=1S/C33H41N5O5/c1-4-30-34-12-16-36(30)15-11-31(39)38-21-27-24-7-5-8-26(20-24)43-18-6-14-37(17-13-35-32(40)28(27)22-38)33(41)25-9-10-29(42-3)23(2)19-25/h5,7-10,12,16,19-20,27-28H,4,6,11,13-15,17-18,21-22H2,1-3H3,(H,35,40)/t27-,28+/m1/s1. The van der Waals surface area contributed by atoms with Crippen molar-refractivity contribution >= 4 is 17.7 Å². The van der Waals surface area contributed by atoms with Crippen LogP contribution in [0, 0.1) is 12.8 Å². The second kappa shape index (κ2) is 13.8. The second-order valence-corrected chi connectivity index (χ2v) is 11.2. The number of nitrogens with zero attached hydrogens (tertiary/aromatic N) is 4. The molecule has 0 spiro atoms. The van der Waals surface area contributed by atoms with Crippen molar-refractivity contribution in [1.82, 2.24) is 24.7 Å². The van der Waals surface area contributed by atoms with E-state index in [4.69, 9.17) is 9.47 Å². The van der Waals surface area contributed by atoms with Crippen LogP contribution in [0.4, 0.5) is 0 Å². The Bertz CT molecular complexity index is 1450. The van der Waals surface area contributed by atoms with Crippen molar-refractivity contribution in [2.45, 2.75) is 45.6 Å². The van der Waals surface area contributed by atoms with Crippen LogP contribution in [0.5, 0.6) is 11.5 Å². The van der Waals surface area contributed by atoms with Gasteiger partial charge in [0.25, 0.3) is 5.91 Å². The van der Waals surface area contributed by atoms with Gasteiger partial charge in [-0.25, -0.2) is 4.98 Å². The number of benzene rings is 2. The molecule has 2 aliphatic heterocycles. The van der Waals surface area contributed by atoms with E-state index >= 15 is 0 Å². The Morgan fingerprint density at radius 1 is 1.09 bits per heavy atom. The lowest BCUT2D eigenvalue weighted by molar-refractivity contribution is -0.131. The number of rotatable bonds is 6. The van der Waals surface area contributed by atoms with Crippen LogP contribution >= 0.6 is 0 Å². The van der Waals surface area contributed by atoms with Gasteiger partial charge in [-0.3, -0.25) is 14.4 Å². The highest BCUT2D eigenvalue weighted by atomic mass is 16.5. The zero-order valence-electron chi connectivity index (χ0n) is 25.3. The van der Waals surface area contributed by atoms with E-state index in [1.807, 2.05) is 59.8 Å². The van der Waals surface area contributed by atoms with Crippen LogP contribution in [-0.4, -0.2) is 83.5 Å². The number of carbonyl (C=O) groups is 3. The first-order valence-electron chi connectivity index (χ1n) is 15.1. The van der Waals surface area contributed by atoms with Gasteiger partial charge in [-0.15, -0.1) is 0 Å². The Labute approximate surface area is 253 Å². The van der Waals surface area contributed by atoms with E-state index in [0.717, 1.165) is 29.1 Å². The van der Waals surface area contributed by atoms with E-state index in [0.29, 0.717) is 70.0 Å². The highest BCUT2D eigenvalue weighted by molar-refractivity contribution is 5.94. The summed E-state index contributed by atoms with van der Waals surface area (Å²) in [5.74, 6) is 1.64. The summed E-state index contributed by atoms with van der Waals surface area (Å²) in [7, 11) is 1.61. The normalized spacial score (nSPS) is 19.2. The smallest absolute Gasteiger partial charge is 0.253 e. The largest absolute Gasteiger partial charge is 0.496 e. The molecular formula is C33H41N5O5. The molecule has 2 atom stereocenters. The zero-order valence-corrected chi connectivity index (χ0v) is 25.3. The molecule has 1 saturated heterocycles. The third kappa shape index (κ3) is 7.01. The molecule has 43 heavy (non-hydrogen) atoms. The van der Waals surface area contributed by atoms with Crippen LogP contribution in [0.2, 0.25) is 0 Å². The van der Waals surface area contributed by atoms with Crippen molar-refractivity contribution in [2.24, 2.45) is 5.92 Å². The molecule has 2 aromatic carbocycles. The highest BCUT2D eigenvalue weighted by Gasteiger charge is 2.40. The van der Waals surface area contributed by atoms with Crippen molar-refractivity contribution in [2.75, 3.05) is 46.4 Å². The van der Waals surface area contributed by atoms with Gasteiger partial charge in [0.05, 0.1) is 19.6 Å². The number of ether oxygens (including phenoxy) is 2. The quantitative estimate of drug-likeness (QED) is 0.474. The monoisotopic (exact) mass is 587 g/mol. The van der Waals surface area contributed by atoms with E-state index in [-0.39, 0.29) is 23.6 Å². The van der Waals surface area contributed by atoms with E-state index < -0.39 is 5.92 Å². The Morgan fingerprint density at radius 3 is 2.72 bits per heavy atom. The molecule has 1 fully saturated rings. The number of carbonyl (C=O) groups excluding carboxylic acids is 3. The lowest BCUT2D eigenvalue weighted by atomic mass is 9.88. The fourth-order valence-corrected chi connectivity index (χ4v) is 6.08. The van der Waals surface area contributed by atoms with Crippen LogP contribution in [0.15, 0.2) is 54.9 Å². The van der Waals surface area contributed by atoms with Crippen molar-refractivity contribution in [1.29, 1.82) is 0 Å². The minimum absolute atomic E-state index is 0.0212. The van der Waals surface area contributed by atoms with E-state index in [1.165, 1.54) is 0 Å². The van der Waals surface area contributed by atoms with Crippen molar-refractivity contribution in [3.63, 3.8) is 0 Å². The molecule has 228 valence electrons. The van der Waals surface area contributed by atoms with Crippen LogP contribution in [-0.2, 0) is 22.6 Å². The van der Waals surface area contributed by atoms with E-state index in [2.05, 4.69) is 10.3 Å². The van der Waals surface area contributed by atoms with Crippen LogP contribution in [0.25, 0.3) is 0 Å². The number of aromatic nitrogens is 2. The van der Waals surface area contributed by atoms with E-state index in [9.17, 15) is 14.4 Å². The molecule has 1 N–H and O–H groups in total. The van der Waals surface area contributed by atoms with Crippen LogP contribution in [0.3, 0.4) is 0 Å². The fourth-order valence-electron chi connectivity index (χ4n) is 6.08. The molecule has 2 aliphatic rings. The van der Waals surface area contributed by atoms with Gasteiger partial charge < -0.3 is 29.2 Å². The maximum absolute atomic E-state index is 13.6. The molecule has 3 amide bonds. The highest BCUT2D eigenvalue weighted by Crippen LogP contribution is 2.35. The first-order chi connectivity index (χ1) is 20.9. The minimum atomic E-state index is -0.407. The van der Waals surface area contributed by atoms with Gasteiger partial charge >= 0.3 is 0 Å². The lowest BCUT2D eigenvalue weighted by Gasteiger charge is -2.25. The number of amides is 3. The van der Waals surface area contributed by atoms with Gasteiger partial charge in [-0.1, -0.05) is 19.1 Å². The summed E-state index contributed by atoms with van der Waals surface area (Å²) >= 11 is 0. The summed E-state index contributed by atoms with van der Waals surface area (Å²) in [6.07, 6.45) is 5.45. The van der Waals surface area contributed by atoms with Gasteiger partial charge in [0.1, 0.15) is 17.3 Å². The van der Waals surface area contributed by atoms with Gasteiger partial charge in [0, 0.05) is 76.0 Å². The Morgan fingerprint density at radius 2 is 1.93 bits per heavy atom. The minimum Gasteiger partial charge on any atom is -0.496 e. The predicted octanol–water partition coefficient (Wildman–Crippen LogP) is 3.44. The third-order valence-electron chi connectivity index (χ3n) is 8.43. The Balaban J connectivity index is 1.31. The van der Waals surface area contributed by atoms with Crippen molar-refractivity contribution in [3.8, 4) is 11.5 Å². The number of hydrogen-bond acceptors (Lipinski definition) is 6. The van der Waals surface area contributed by atoms with Gasteiger partial charge in [-0.2, -0.15) is 0 Å². The summed E-state index contributed by atoms with van der Waals surface area (Å²) in [4.78, 5) is 48.3. The molecule has 0 unspecified atom stereocenters. The zero-order chi connectivity index (χ0) is 30.3. The molecule has 10 nitrogen and oxygen atoms in total. The second-order valence-electron chi connectivity index (χ2n) is 11.2. The maximum atomic E-state index is 13.6. The van der Waals surface area contributed by atoms with Crippen molar-refractivity contribution < 1.29 is 23.9 Å². The van der Waals surface area contributed by atoms with Crippen LogP contribution in [0.1, 0.15) is 53.0 Å². The van der Waals surface area contributed by atoms with Gasteiger partial charge in [0.2, 0.25) is 11.8 Å². The van der Waals surface area contributed by atoms with Crippen LogP contribution < -0.4 is 14.8 Å². The number of imidazole rings is 1. The molecule has 3 aromatic rings. The number of methoxy groups -OCH3 is 1. The summed E-state index contributed by atoms with van der Waals surface area (Å²) in [5.41, 5.74) is 2.44. The molecule has 0 aliphatic carbocycles. The average Bonchev–Trinajstić information content (AvgIpc) is 3.68. The van der Waals surface area contributed by atoms with E-state index in [1.54, 1.807) is 30.3 Å². The summed E-state index contributed by atoms with van der Waals surface area (Å²) in [5, 5.41) is 3.08. The average molecular weight is 588 g/mol. The molecule has 10 heteroatoms. The first-order valence-corrected chi connectivity index (χ1v) is 15.1. The molecule has 3 heterocycles. The lowest BCUT2D eigenvalue weighted by Crippen LogP contribution is -2.42. The number of fused-ring (bicyclic) bond motifs is 4. The molecule has 2 bridgehead atoms. The maximum Gasteiger partial charge on any atom is 0.253 e. The molecule has 0 saturated carbocycles. The summed E-state index contributed by atoms with van der Waals surface area (Å²) in [6, 6.07) is 13.2. The van der Waals surface area contributed by atoms with Gasteiger partial charge in [-0.05, 0) is 54.8 Å². The fraction of sp³-hybridized carbons (Fsp3) is 0.455. The molecular weight excluding hydrogens is 546 g/mol. The first kappa shape index (κ1) is 30.1. The SMILES string of the molecule is CCc1nccn1CCC(=O)N1C[C@@H]2C(=O)NCCN(C(=O)c3ccc(OC)c(C)c3)CCCOc3cccc(c3)[C@H]2C1. The van der Waals surface area contributed by atoms with Crippen molar-refractivity contribution in [3.05, 3.63) is 77.4 Å². The predicted molar refractivity (Wildman–Crippen MR) is 162 cm³/mol. The number of nitrogens with one attached hydrogen (secondary N) is 1. The van der Waals surface area contributed by atoms with Gasteiger partial charge in [0.15, 0.2) is 0 Å². The summed E-state index contributed by atoms with van der Waals surface area (Å²) in [6.45, 7) is 6.95. The third-order valence-corrected chi connectivity index (χ3v) is 8.43. The number of likely N-dealkylation sites (tertiary alicyclic amines) is 1. The topological polar surface area (TPSA) is 106 Å². The number of hydrogen-bond donors (Lipinski definition) is 1. The molecule has 1 aromatic heterocycles. The number of aryl methyl sites for hydroxylation is 3. The summed E-state index contributed by atoms with van der Waals surface area (Å²) < 4.78 is 13.4. The molecule has 5 rings (SSSR count).